The summed E-state index contributed by atoms with van der Waals surface area (Å²) in [4.78, 5) is 14.6. The van der Waals surface area contributed by atoms with Crippen LogP contribution >= 0.6 is 0 Å². The number of nitrogens with one attached hydrogen (secondary N) is 1. The van der Waals surface area contributed by atoms with Gasteiger partial charge >= 0.3 is 0 Å². The van der Waals surface area contributed by atoms with E-state index in [-0.39, 0.29) is 12.0 Å². The fourth-order valence-corrected chi connectivity index (χ4v) is 2.81. The summed E-state index contributed by atoms with van der Waals surface area (Å²) in [5.74, 6) is 0.209. The van der Waals surface area contributed by atoms with Crippen molar-refractivity contribution in [2.24, 2.45) is 0 Å². The topological polar surface area (TPSA) is 41.6 Å². The maximum absolute atomic E-state index is 12.5. The van der Waals surface area contributed by atoms with Crippen molar-refractivity contribution in [1.82, 2.24) is 10.2 Å². The van der Waals surface area contributed by atoms with Gasteiger partial charge in [0.1, 0.15) is 0 Å². The van der Waals surface area contributed by atoms with Gasteiger partial charge in [0.25, 0.3) is 0 Å². The molecule has 98 valence electrons. The number of carbonyl (C=O) groups excluding carboxylic acids is 1. The molecule has 2 unspecified atom stereocenters. The second-order valence-corrected chi connectivity index (χ2v) is 5.63. The Morgan fingerprint density at radius 1 is 1.35 bits per heavy atom. The molecule has 1 aliphatic heterocycles. The van der Waals surface area contributed by atoms with Gasteiger partial charge in [-0.3, -0.25) is 4.79 Å². The standard InChI is InChI=1S/C13H24N2O2/c1-13(2,14-3)12(16)15-8-9-17-11-7-5-4-6-10(11)15/h10-11,14H,4-9H2,1-3H3. The third kappa shape index (κ3) is 2.47. The molecule has 1 aliphatic carbocycles. The highest BCUT2D eigenvalue weighted by Gasteiger charge is 2.40. The van der Waals surface area contributed by atoms with Crippen LogP contribution in [0.2, 0.25) is 0 Å². The lowest BCUT2D eigenvalue weighted by Crippen LogP contribution is -2.61. The molecule has 0 bridgehead atoms. The molecule has 0 radical (unpaired) electrons. The van der Waals surface area contributed by atoms with E-state index in [0.29, 0.717) is 12.6 Å². The summed E-state index contributed by atoms with van der Waals surface area (Å²) in [5.41, 5.74) is -0.473. The highest BCUT2D eigenvalue weighted by Crippen LogP contribution is 2.29. The fourth-order valence-electron chi connectivity index (χ4n) is 2.81. The first-order valence-electron chi connectivity index (χ1n) is 6.68. The van der Waals surface area contributed by atoms with Crippen LogP contribution in [0.3, 0.4) is 0 Å². The van der Waals surface area contributed by atoms with Crippen LogP contribution in [0.4, 0.5) is 0 Å². The molecule has 0 aromatic rings. The SMILES string of the molecule is CNC(C)(C)C(=O)N1CCOC2CCCCC21. The lowest BCUT2D eigenvalue weighted by Gasteiger charge is -2.46. The van der Waals surface area contributed by atoms with E-state index in [0.717, 1.165) is 19.4 Å². The summed E-state index contributed by atoms with van der Waals surface area (Å²) in [5, 5.41) is 3.10. The van der Waals surface area contributed by atoms with Gasteiger partial charge in [0.2, 0.25) is 5.91 Å². The van der Waals surface area contributed by atoms with Crippen LogP contribution in [0, 0.1) is 0 Å². The molecule has 1 amide bonds. The van der Waals surface area contributed by atoms with Crippen molar-refractivity contribution in [3.05, 3.63) is 0 Å². The van der Waals surface area contributed by atoms with Gasteiger partial charge in [-0.15, -0.1) is 0 Å². The fraction of sp³-hybridized carbons (Fsp3) is 0.923. The van der Waals surface area contributed by atoms with Crippen molar-refractivity contribution < 1.29 is 9.53 Å². The third-order valence-electron chi connectivity index (χ3n) is 4.15. The molecule has 0 aromatic heterocycles. The predicted octanol–water partition coefficient (Wildman–Crippen LogP) is 1.15. The van der Waals surface area contributed by atoms with E-state index in [1.165, 1.54) is 12.8 Å². The van der Waals surface area contributed by atoms with Crippen LogP contribution in [0.5, 0.6) is 0 Å². The molecule has 2 aliphatic rings. The smallest absolute Gasteiger partial charge is 0.242 e. The van der Waals surface area contributed by atoms with Gasteiger partial charge in [-0.25, -0.2) is 0 Å². The maximum Gasteiger partial charge on any atom is 0.242 e. The number of hydrogen-bond acceptors (Lipinski definition) is 3. The van der Waals surface area contributed by atoms with E-state index in [1.807, 2.05) is 25.8 Å². The Morgan fingerprint density at radius 3 is 2.76 bits per heavy atom. The van der Waals surface area contributed by atoms with Gasteiger partial charge in [-0.2, -0.15) is 0 Å². The van der Waals surface area contributed by atoms with Gasteiger partial charge in [0, 0.05) is 6.54 Å². The molecule has 4 nitrogen and oxygen atoms in total. The number of rotatable bonds is 2. The van der Waals surface area contributed by atoms with Crippen molar-refractivity contribution in [2.45, 2.75) is 57.2 Å². The first-order chi connectivity index (χ1) is 8.06. The molecule has 1 saturated carbocycles. The van der Waals surface area contributed by atoms with Gasteiger partial charge in [-0.1, -0.05) is 12.8 Å². The minimum atomic E-state index is -0.473. The van der Waals surface area contributed by atoms with Crippen molar-refractivity contribution in [2.75, 3.05) is 20.2 Å². The molecule has 2 atom stereocenters. The van der Waals surface area contributed by atoms with Gasteiger partial charge in [-0.05, 0) is 33.7 Å². The van der Waals surface area contributed by atoms with E-state index in [4.69, 9.17) is 4.74 Å². The number of carbonyl (C=O) groups is 1. The summed E-state index contributed by atoms with van der Waals surface area (Å²) < 4.78 is 5.79. The van der Waals surface area contributed by atoms with E-state index < -0.39 is 5.54 Å². The highest BCUT2D eigenvalue weighted by molar-refractivity contribution is 5.85. The lowest BCUT2D eigenvalue weighted by molar-refractivity contribution is -0.155. The zero-order valence-electron chi connectivity index (χ0n) is 11.2. The average Bonchev–Trinajstić information content (AvgIpc) is 2.37. The summed E-state index contributed by atoms with van der Waals surface area (Å²) >= 11 is 0. The number of hydrogen-bond donors (Lipinski definition) is 1. The molecular weight excluding hydrogens is 216 g/mol. The summed E-state index contributed by atoms with van der Waals surface area (Å²) in [6.45, 7) is 5.32. The zero-order valence-corrected chi connectivity index (χ0v) is 11.2. The first-order valence-corrected chi connectivity index (χ1v) is 6.68. The van der Waals surface area contributed by atoms with Crippen LogP contribution in [0.25, 0.3) is 0 Å². The van der Waals surface area contributed by atoms with Crippen LogP contribution in [-0.4, -0.2) is 48.7 Å². The van der Waals surface area contributed by atoms with Gasteiger partial charge in [0.05, 0.1) is 24.3 Å². The third-order valence-corrected chi connectivity index (χ3v) is 4.15. The lowest BCUT2D eigenvalue weighted by atomic mass is 9.88. The molecule has 1 saturated heterocycles. The maximum atomic E-state index is 12.5. The number of nitrogens with zero attached hydrogens (tertiary/aromatic N) is 1. The number of fused-ring (bicyclic) bond motifs is 1. The van der Waals surface area contributed by atoms with Crippen LogP contribution in [0.15, 0.2) is 0 Å². The Morgan fingerprint density at radius 2 is 2.06 bits per heavy atom. The molecule has 2 rings (SSSR count). The van der Waals surface area contributed by atoms with E-state index in [1.54, 1.807) is 0 Å². The number of ether oxygens (including phenoxy) is 1. The van der Waals surface area contributed by atoms with Crippen molar-refractivity contribution in [3.63, 3.8) is 0 Å². The van der Waals surface area contributed by atoms with Gasteiger partial charge in [0.15, 0.2) is 0 Å². The Bertz CT molecular complexity index is 289. The minimum Gasteiger partial charge on any atom is -0.374 e. The molecule has 0 aromatic carbocycles. The molecule has 2 fully saturated rings. The Hall–Kier alpha value is -0.610. The number of morpholine rings is 1. The van der Waals surface area contributed by atoms with Gasteiger partial charge < -0.3 is 15.0 Å². The average molecular weight is 240 g/mol. The molecular formula is C13H24N2O2. The molecule has 17 heavy (non-hydrogen) atoms. The van der Waals surface area contributed by atoms with Crippen molar-refractivity contribution >= 4 is 5.91 Å². The van der Waals surface area contributed by atoms with E-state index >= 15 is 0 Å². The minimum absolute atomic E-state index is 0.209. The molecule has 4 heteroatoms. The Labute approximate surface area is 104 Å². The molecule has 1 N–H and O–H groups in total. The molecule has 1 heterocycles. The molecule has 0 spiro atoms. The highest BCUT2D eigenvalue weighted by atomic mass is 16.5. The van der Waals surface area contributed by atoms with E-state index in [2.05, 4.69) is 5.32 Å². The summed E-state index contributed by atoms with van der Waals surface area (Å²) in [6.07, 6.45) is 4.92. The first kappa shape index (κ1) is 12.8. The van der Waals surface area contributed by atoms with Crippen molar-refractivity contribution in [1.29, 1.82) is 0 Å². The second kappa shape index (κ2) is 4.94. The normalized spacial score (nSPS) is 29.9. The summed E-state index contributed by atoms with van der Waals surface area (Å²) in [7, 11) is 1.84. The monoisotopic (exact) mass is 240 g/mol. The number of amides is 1. The van der Waals surface area contributed by atoms with E-state index in [9.17, 15) is 4.79 Å². The Balaban J connectivity index is 2.11. The largest absolute Gasteiger partial charge is 0.374 e. The predicted molar refractivity (Wildman–Crippen MR) is 66.8 cm³/mol. The second-order valence-electron chi connectivity index (χ2n) is 5.63. The van der Waals surface area contributed by atoms with Crippen LogP contribution in [-0.2, 0) is 9.53 Å². The Kier molecular flexibility index (Phi) is 3.73. The number of likely N-dealkylation sites (N-methyl/N-ethyl adjacent to an activating group) is 1. The summed E-state index contributed by atoms with van der Waals surface area (Å²) in [6, 6.07) is 0.303. The quantitative estimate of drug-likeness (QED) is 0.787. The zero-order chi connectivity index (χ0) is 12.5. The van der Waals surface area contributed by atoms with Crippen molar-refractivity contribution in [3.8, 4) is 0 Å². The van der Waals surface area contributed by atoms with Crippen LogP contribution in [0.1, 0.15) is 39.5 Å². The van der Waals surface area contributed by atoms with Crippen LogP contribution < -0.4 is 5.32 Å².